The first-order valence-corrected chi connectivity index (χ1v) is 11.9. The highest BCUT2D eigenvalue weighted by molar-refractivity contribution is 5.94. The van der Waals surface area contributed by atoms with Gasteiger partial charge >= 0.3 is 5.69 Å². The number of rotatable bonds is 6. The van der Waals surface area contributed by atoms with Crippen LogP contribution in [0.2, 0.25) is 0 Å². The van der Waals surface area contributed by atoms with Crippen molar-refractivity contribution < 1.29 is 22.6 Å². The van der Waals surface area contributed by atoms with Crippen LogP contribution in [0.4, 0.5) is 13.2 Å². The van der Waals surface area contributed by atoms with Crippen LogP contribution < -0.4 is 11.1 Å². The van der Waals surface area contributed by atoms with Crippen molar-refractivity contribution >= 4 is 16.9 Å². The quantitative estimate of drug-likeness (QED) is 0.557. The van der Waals surface area contributed by atoms with E-state index in [1.807, 2.05) is 0 Å². The van der Waals surface area contributed by atoms with Crippen LogP contribution in [0, 0.1) is 5.82 Å². The van der Waals surface area contributed by atoms with E-state index in [-0.39, 0.29) is 24.2 Å². The predicted octanol–water partition coefficient (Wildman–Crippen LogP) is 2.29. The molecule has 0 saturated carbocycles. The summed E-state index contributed by atoms with van der Waals surface area (Å²) in [5.41, 5.74) is 4.26. The van der Waals surface area contributed by atoms with Crippen molar-refractivity contribution in [2.75, 3.05) is 26.3 Å². The molecular weight excluding hydrogens is 477 g/mol. The second-order valence-electron chi connectivity index (χ2n) is 9.29. The Morgan fingerprint density at radius 1 is 1.08 bits per heavy atom. The number of fused-ring (bicyclic) bond motifs is 1. The van der Waals surface area contributed by atoms with Crippen molar-refractivity contribution in [3.63, 3.8) is 0 Å². The Morgan fingerprint density at radius 3 is 2.53 bits per heavy atom. The van der Waals surface area contributed by atoms with E-state index in [9.17, 15) is 18.0 Å². The zero-order valence-corrected chi connectivity index (χ0v) is 19.3. The molecule has 3 aliphatic rings. The molecule has 5 heterocycles. The highest BCUT2D eigenvalue weighted by atomic mass is 19.3. The predicted molar refractivity (Wildman–Crippen MR) is 124 cm³/mol. The topological polar surface area (TPSA) is 85.9 Å². The minimum absolute atomic E-state index is 0.0246. The van der Waals surface area contributed by atoms with Gasteiger partial charge in [0.15, 0.2) is 0 Å². The van der Waals surface area contributed by atoms with Crippen LogP contribution in [0.25, 0.3) is 11.0 Å². The van der Waals surface area contributed by atoms with Crippen LogP contribution in [-0.2, 0) is 16.0 Å². The Hall–Kier alpha value is -3.38. The molecule has 0 radical (unpaired) electrons. The summed E-state index contributed by atoms with van der Waals surface area (Å²) in [6.07, 6.45) is -1.14. The standard InChI is InChI=1S/C24H25F3N6O3/c25-15-2-4-19-20(9-15)33(17-5-7-31(8-6-17)18-12-35-13-18)24(34)32(19)11-16-3-1-14(10-28-16)22-29-30-23(36-22)21(26)27/h1-4,9-10,17-18,21,23,30H,5-8,11-13H2. The molecule has 1 unspecified atom stereocenters. The van der Waals surface area contributed by atoms with Crippen molar-refractivity contribution in [3.05, 3.63) is 64.1 Å². The van der Waals surface area contributed by atoms with E-state index in [2.05, 4.69) is 20.4 Å². The maximum absolute atomic E-state index is 14.2. The van der Waals surface area contributed by atoms with Gasteiger partial charge < -0.3 is 9.47 Å². The molecule has 0 spiro atoms. The van der Waals surface area contributed by atoms with Gasteiger partial charge in [0.2, 0.25) is 12.1 Å². The number of nitrogens with one attached hydrogen (secondary N) is 1. The van der Waals surface area contributed by atoms with E-state index in [0.29, 0.717) is 28.3 Å². The van der Waals surface area contributed by atoms with Crippen LogP contribution in [0.15, 0.2) is 46.4 Å². The average Bonchev–Trinajstić information content (AvgIpc) is 3.43. The normalized spacial score (nSPS) is 21.4. The lowest BCUT2D eigenvalue weighted by atomic mass is 10.0. The van der Waals surface area contributed by atoms with Crippen molar-refractivity contribution in [2.45, 2.75) is 44.1 Å². The highest BCUT2D eigenvalue weighted by Gasteiger charge is 2.32. The number of nitrogens with zero attached hydrogens (tertiary/aromatic N) is 5. The SMILES string of the molecule is O=c1n(Cc2ccc(C3=NNC(C(F)F)O3)cn2)c2ccc(F)cc2n1C1CCN(C2COC2)CC1. The van der Waals surface area contributed by atoms with Gasteiger partial charge in [0.05, 0.1) is 48.1 Å². The molecule has 0 bridgehead atoms. The lowest BCUT2D eigenvalue weighted by Crippen LogP contribution is -2.52. The summed E-state index contributed by atoms with van der Waals surface area (Å²) < 4.78 is 53.5. The number of aromatic nitrogens is 3. The van der Waals surface area contributed by atoms with Crippen molar-refractivity contribution in [3.8, 4) is 0 Å². The fraction of sp³-hybridized carbons (Fsp3) is 0.458. The molecule has 0 amide bonds. The minimum atomic E-state index is -2.72. The molecule has 3 aliphatic heterocycles. The average molecular weight is 502 g/mol. The van der Waals surface area contributed by atoms with Crippen molar-refractivity contribution in [2.24, 2.45) is 5.10 Å². The number of ether oxygens (including phenoxy) is 2. The minimum Gasteiger partial charge on any atom is -0.444 e. The zero-order chi connectivity index (χ0) is 24.8. The van der Waals surface area contributed by atoms with Crippen LogP contribution in [-0.4, -0.2) is 69.9 Å². The number of hydrogen-bond acceptors (Lipinski definition) is 7. The van der Waals surface area contributed by atoms with E-state index in [1.165, 1.54) is 18.3 Å². The van der Waals surface area contributed by atoms with Crippen LogP contribution in [0.1, 0.15) is 30.1 Å². The van der Waals surface area contributed by atoms with Crippen LogP contribution in [0.3, 0.4) is 0 Å². The maximum Gasteiger partial charge on any atom is 0.329 e. The molecule has 1 atom stereocenters. The van der Waals surface area contributed by atoms with Gasteiger partial charge in [-0.15, -0.1) is 5.10 Å². The van der Waals surface area contributed by atoms with Gasteiger partial charge in [-0.1, -0.05) is 0 Å². The van der Waals surface area contributed by atoms with E-state index in [0.717, 1.165) is 39.1 Å². The fourth-order valence-electron chi connectivity index (χ4n) is 5.04. The van der Waals surface area contributed by atoms with Crippen molar-refractivity contribution in [1.29, 1.82) is 0 Å². The molecule has 36 heavy (non-hydrogen) atoms. The van der Waals surface area contributed by atoms with Gasteiger partial charge in [-0.2, -0.15) is 0 Å². The molecule has 2 aromatic heterocycles. The Balaban J connectivity index is 1.25. The first kappa shape index (κ1) is 23.0. The summed E-state index contributed by atoms with van der Waals surface area (Å²) in [5.74, 6) is -0.364. The molecule has 1 N–H and O–H groups in total. The summed E-state index contributed by atoms with van der Waals surface area (Å²) in [6.45, 7) is 3.41. The third-order valence-electron chi connectivity index (χ3n) is 7.08. The molecule has 6 rings (SSSR count). The number of halogens is 3. The summed E-state index contributed by atoms with van der Waals surface area (Å²) in [4.78, 5) is 20.4. The van der Waals surface area contributed by atoms with Gasteiger partial charge in [-0.25, -0.2) is 18.0 Å². The smallest absolute Gasteiger partial charge is 0.329 e. The largest absolute Gasteiger partial charge is 0.444 e. The second-order valence-corrected chi connectivity index (χ2v) is 9.29. The monoisotopic (exact) mass is 502 g/mol. The number of piperidine rings is 1. The first-order chi connectivity index (χ1) is 17.5. The molecule has 12 heteroatoms. The molecule has 1 aromatic carbocycles. The van der Waals surface area contributed by atoms with Gasteiger partial charge in [-0.05, 0) is 43.2 Å². The molecule has 2 fully saturated rings. The van der Waals surface area contributed by atoms with Crippen LogP contribution in [0.5, 0.6) is 0 Å². The lowest BCUT2D eigenvalue weighted by Gasteiger charge is -2.41. The van der Waals surface area contributed by atoms with Crippen LogP contribution >= 0.6 is 0 Å². The molecule has 3 aromatic rings. The molecule has 9 nitrogen and oxygen atoms in total. The van der Waals surface area contributed by atoms with E-state index < -0.39 is 18.5 Å². The maximum atomic E-state index is 14.2. The molecule has 2 saturated heterocycles. The van der Waals surface area contributed by atoms with Gasteiger partial charge in [0, 0.05) is 25.3 Å². The first-order valence-electron chi connectivity index (χ1n) is 11.9. The Kier molecular flexibility index (Phi) is 5.92. The number of alkyl halides is 2. The van der Waals surface area contributed by atoms with E-state index in [1.54, 1.807) is 27.3 Å². The Morgan fingerprint density at radius 2 is 1.89 bits per heavy atom. The summed E-state index contributed by atoms with van der Waals surface area (Å²) in [5, 5.41) is 3.79. The van der Waals surface area contributed by atoms with Crippen molar-refractivity contribution in [1.82, 2.24) is 24.4 Å². The number of likely N-dealkylation sites (tertiary alicyclic amines) is 1. The zero-order valence-electron chi connectivity index (χ0n) is 19.3. The van der Waals surface area contributed by atoms with Gasteiger partial charge in [0.25, 0.3) is 6.43 Å². The summed E-state index contributed by atoms with van der Waals surface area (Å²) in [7, 11) is 0. The van der Waals surface area contributed by atoms with E-state index >= 15 is 0 Å². The summed E-state index contributed by atoms with van der Waals surface area (Å²) >= 11 is 0. The number of hydrazone groups is 1. The lowest BCUT2D eigenvalue weighted by molar-refractivity contribution is -0.0731. The third-order valence-corrected chi connectivity index (χ3v) is 7.08. The highest BCUT2D eigenvalue weighted by Crippen LogP contribution is 2.28. The second kappa shape index (κ2) is 9.25. The molecular formula is C24H25F3N6O3. The fourth-order valence-corrected chi connectivity index (χ4v) is 5.04. The summed E-state index contributed by atoms with van der Waals surface area (Å²) in [6, 6.07) is 8.15. The van der Waals surface area contributed by atoms with Gasteiger partial charge in [-0.3, -0.25) is 24.4 Å². The number of hydrogen-bond donors (Lipinski definition) is 1. The Bertz CT molecular complexity index is 1340. The number of benzene rings is 1. The Labute approximate surface area is 204 Å². The number of pyridine rings is 1. The van der Waals surface area contributed by atoms with Gasteiger partial charge in [0.1, 0.15) is 5.82 Å². The third kappa shape index (κ3) is 4.13. The molecule has 0 aliphatic carbocycles. The van der Waals surface area contributed by atoms with E-state index in [4.69, 9.17) is 9.47 Å². The number of imidazole rings is 1. The molecule has 190 valence electrons.